The van der Waals surface area contributed by atoms with Gasteiger partial charge in [-0.3, -0.25) is 0 Å². The molecule has 106 valence electrons. The number of benzene rings is 2. The van der Waals surface area contributed by atoms with E-state index < -0.39 is 0 Å². The number of hydrogen-bond donors (Lipinski definition) is 1. The molecule has 0 aliphatic carbocycles. The number of hydrogen-bond acceptors (Lipinski definition) is 4. The van der Waals surface area contributed by atoms with Crippen LogP contribution in [-0.4, -0.2) is 15.2 Å². The molecule has 0 saturated carbocycles. The maximum atomic E-state index is 9.68. The quantitative estimate of drug-likeness (QED) is 0.660. The molecule has 3 aromatic rings. The fraction of sp³-hybridized carbons (Fsp3) is 0. The first kappa shape index (κ1) is 14.4. The van der Waals surface area contributed by atoms with Crippen molar-refractivity contribution in [2.24, 2.45) is 0 Å². The maximum absolute atomic E-state index is 9.68. The molecule has 0 radical (unpaired) electrons. The minimum absolute atomic E-state index is 0.0989. The van der Waals surface area contributed by atoms with Crippen LogP contribution >= 0.6 is 39.1 Å². The lowest BCUT2D eigenvalue weighted by Gasteiger charge is -1.98. The summed E-state index contributed by atoms with van der Waals surface area (Å²) in [6, 6.07) is 10.1. The van der Waals surface area contributed by atoms with Crippen LogP contribution in [0.3, 0.4) is 0 Å². The normalized spacial score (nSPS) is 10.8. The van der Waals surface area contributed by atoms with E-state index in [1.807, 2.05) is 0 Å². The minimum atomic E-state index is 0.0989. The lowest BCUT2D eigenvalue weighted by atomic mass is 10.2. The number of phenolic OH excluding ortho intramolecular Hbond substituents is 1. The molecular weight excluding hydrogens is 379 g/mol. The summed E-state index contributed by atoms with van der Waals surface area (Å²) < 4.78 is 5.80. The summed E-state index contributed by atoms with van der Waals surface area (Å²) in [6.07, 6.45) is 0. The molecule has 0 aliphatic rings. The summed E-state index contributed by atoms with van der Waals surface area (Å²) in [5.41, 5.74) is 1.32. The Balaban J connectivity index is 1.99. The van der Waals surface area contributed by atoms with E-state index in [2.05, 4.69) is 26.1 Å². The van der Waals surface area contributed by atoms with Gasteiger partial charge in [0, 0.05) is 11.1 Å². The third-order valence-corrected chi connectivity index (χ3v) is 4.21. The summed E-state index contributed by atoms with van der Waals surface area (Å²) in [6.45, 7) is 0. The van der Waals surface area contributed by atoms with Gasteiger partial charge in [0.1, 0.15) is 5.75 Å². The Bertz CT molecular complexity index is 754. The summed E-state index contributed by atoms with van der Waals surface area (Å²) in [5, 5.41) is 14.5. The van der Waals surface area contributed by atoms with Crippen molar-refractivity contribution in [3.8, 4) is 28.6 Å². The highest BCUT2D eigenvalue weighted by molar-refractivity contribution is 9.10. The van der Waals surface area contributed by atoms with Crippen molar-refractivity contribution in [3.05, 3.63) is 50.9 Å². The molecule has 0 saturated heterocycles. The second-order valence-corrected chi connectivity index (χ2v) is 5.89. The summed E-state index contributed by atoms with van der Waals surface area (Å²) in [7, 11) is 0. The van der Waals surface area contributed by atoms with Gasteiger partial charge in [-0.05, 0) is 52.3 Å². The maximum Gasteiger partial charge on any atom is 0.258 e. The zero-order chi connectivity index (χ0) is 15.0. The number of rotatable bonds is 2. The molecule has 0 fully saturated rings. The second-order valence-electron chi connectivity index (χ2n) is 4.22. The molecule has 0 atom stereocenters. The van der Waals surface area contributed by atoms with Gasteiger partial charge in [0.15, 0.2) is 0 Å². The molecule has 1 aromatic heterocycles. The fourth-order valence-electron chi connectivity index (χ4n) is 1.74. The van der Waals surface area contributed by atoms with Gasteiger partial charge in [0.25, 0.3) is 5.89 Å². The lowest BCUT2D eigenvalue weighted by molar-refractivity contribution is 0.431. The smallest absolute Gasteiger partial charge is 0.258 e. The fourth-order valence-corrected chi connectivity index (χ4v) is 2.28. The molecule has 0 amide bonds. The van der Waals surface area contributed by atoms with E-state index in [1.165, 1.54) is 6.07 Å². The van der Waals surface area contributed by atoms with E-state index in [1.54, 1.807) is 30.3 Å². The van der Waals surface area contributed by atoms with Crippen molar-refractivity contribution >= 4 is 39.1 Å². The van der Waals surface area contributed by atoms with Gasteiger partial charge in [-0.15, -0.1) is 0 Å². The van der Waals surface area contributed by atoms with Crippen molar-refractivity contribution in [1.29, 1.82) is 0 Å². The Hall–Kier alpha value is -1.56. The number of nitrogens with zero attached hydrogens (tertiary/aromatic N) is 2. The minimum Gasteiger partial charge on any atom is -0.507 e. The number of aromatic hydroxyl groups is 1. The van der Waals surface area contributed by atoms with Crippen LogP contribution in [0.15, 0.2) is 45.4 Å². The van der Waals surface area contributed by atoms with Crippen molar-refractivity contribution in [2.45, 2.75) is 0 Å². The Labute approximate surface area is 138 Å². The van der Waals surface area contributed by atoms with E-state index in [9.17, 15) is 5.11 Å². The standard InChI is InChI=1S/C14H7BrCl2N2O2/c15-9-3-1-8(6-12(9)20)14-18-13(19-21-14)7-2-4-10(16)11(17)5-7/h1-6,20H. The number of aromatic nitrogens is 2. The average molecular weight is 386 g/mol. The molecule has 0 spiro atoms. The van der Waals surface area contributed by atoms with Crippen LogP contribution in [-0.2, 0) is 0 Å². The van der Waals surface area contributed by atoms with Crippen LogP contribution in [0, 0.1) is 0 Å². The highest BCUT2D eigenvalue weighted by Crippen LogP contribution is 2.31. The predicted molar refractivity (Wildman–Crippen MR) is 84.6 cm³/mol. The molecule has 4 nitrogen and oxygen atoms in total. The van der Waals surface area contributed by atoms with Gasteiger partial charge >= 0.3 is 0 Å². The van der Waals surface area contributed by atoms with Gasteiger partial charge in [0.2, 0.25) is 5.82 Å². The monoisotopic (exact) mass is 384 g/mol. The highest BCUT2D eigenvalue weighted by Gasteiger charge is 2.13. The van der Waals surface area contributed by atoms with Crippen molar-refractivity contribution in [2.75, 3.05) is 0 Å². The molecule has 0 unspecified atom stereocenters. The predicted octanol–water partition coefficient (Wildman–Crippen LogP) is 5.18. The van der Waals surface area contributed by atoms with Crippen LogP contribution in [0.5, 0.6) is 5.75 Å². The van der Waals surface area contributed by atoms with E-state index in [4.69, 9.17) is 27.7 Å². The molecular formula is C14H7BrCl2N2O2. The molecule has 1 heterocycles. The molecule has 3 rings (SSSR count). The highest BCUT2D eigenvalue weighted by atomic mass is 79.9. The van der Waals surface area contributed by atoms with Gasteiger partial charge in [0.05, 0.1) is 14.5 Å². The summed E-state index contributed by atoms with van der Waals surface area (Å²) in [5.74, 6) is 0.798. The Kier molecular flexibility index (Phi) is 3.89. The van der Waals surface area contributed by atoms with Crippen molar-refractivity contribution in [1.82, 2.24) is 10.1 Å². The van der Waals surface area contributed by atoms with Crippen LogP contribution in [0.25, 0.3) is 22.8 Å². The van der Waals surface area contributed by atoms with Gasteiger partial charge < -0.3 is 9.63 Å². The van der Waals surface area contributed by atoms with Gasteiger partial charge in [-0.25, -0.2) is 0 Å². The molecule has 1 N–H and O–H groups in total. The molecule has 0 bridgehead atoms. The van der Waals surface area contributed by atoms with Crippen LogP contribution in [0.1, 0.15) is 0 Å². The first-order valence-electron chi connectivity index (χ1n) is 5.82. The lowest BCUT2D eigenvalue weighted by Crippen LogP contribution is -1.82. The van der Waals surface area contributed by atoms with Crippen molar-refractivity contribution < 1.29 is 9.63 Å². The summed E-state index contributed by atoms with van der Waals surface area (Å²) >= 11 is 15.1. The third-order valence-electron chi connectivity index (χ3n) is 2.80. The first-order chi connectivity index (χ1) is 10.0. The van der Waals surface area contributed by atoms with Crippen LogP contribution < -0.4 is 0 Å². The topological polar surface area (TPSA) is 59.2 Å². The molecule has 7 heteroatoms. The van der Waals surface area contributed by atoms with E-state index in [0.717, 1.165) is 0 Å². The zero-order valence-corrected chi connectivity index (χ0v) is 13.4. The first-order valence-corrected chi connectivity index (χ1v) is 7.37. The van der Waals surface area contributed by atoms with Gasteiger partial charge in [-0.1, -0.05) is 28.4 Å². The Morgan fingerprint density at radius 1 is 1.00 bits per heavy atom. The van der Waals surface area contributed by atoms with Crippen molar-refractivity contribution in [3.63, 3.8) is 0 Å². The van der Waals surface area contributed by atoms with E-state index >= 15 is 0 Å². The SMILES string of the molecule is Oc1cc(-c2nc(-c3ccc(Cl)c(Cl)c3)no2)ccc1Br. The third kappa shape index (κ3) is 2.90. The van der Waals surface area contributed by atoms with Crippen LogP contribution in [0.2, 0.25) is 10.0 Å². The molecule has 0 aliphatic heterocycles. The second kappa shape index (κ2) is 5.67. The van der Waals surface area contributed by atoms with Gasteiger partial charge in [-0.2, -0.15) is 4.98 Å². The van der Waals surface area contributed by atoms with E-state index in [-0.39, 0.29) is 5.75 Å². The molecule has 21 heavy (non-hydrogen) atoms. The Morgan fingerprint density at radius 2 is 1.76 bits per heavy atom. The average Bonchev–Trinajstić information content (AvgIpc) is 2.94. The summed E-state index contributed by atoms with van der Waals surface area (Å²) in [4.78, 5) is 4.29. The largest absolute Gasteiger partial charge is 0.507 e. The van der Waals surface area contributed by atoms with E-state index in [0.29, 0.717) is 37.4 Å². The number of phenols is 1. The van der Waals surface area contributed by atoms with Crippen LogP contribution in [0.4, 0.5) is 0 Å². The molecule has 2 aromatic carbocycles. The Morgan fingerprint density at radius 3 is 2.48 bits per heavy atom. The number of halogens is 3. The zero-order valence-electron chi connectivity index (χ0n) is 10.3.